The molecule has 0 saturated carbocycles. The molecule has 0 aliphatic carbocycles. The van der Waals surface area contributed by atoms with E-state index < -0.39 is 5.92 Å². The number of nitrogens with zero attached hydrogens (tertiary/aromatic N) is 2. The zero-order chi connectivity index (χ0) is 15.1. The minimum absolute atomic E-state index is 0.132. The average molecular weight is 304 g/mol. The Balaban J connectivity index is 2.01. The number of hydrogen-bond donors (Lipinski definition) is 3. The molecular weight excluding hydrogens is 288 g/mol. The van der Waals surface area contributed by atoms with E-state index in [-0.39, 0.29) is 11.7 Å². The van der Waals surface area contributed by atoms with Gasteiger partial charge >= 0.3 is 0 Å². The largest absolute Gasteiger partial charge is 0.409 e. The zero-order valence-electron chi connectivity index (χ0n) is 11.3. The molecule has 1 amide bonds. The summed E-state index contributed by atoms with van der Waals surface area (Å²) in [6.07, 6.45) is 2.38. The molecule has 0 aliphatic rings. The van der Waals surface area contributed by atoms with Crippen LogP contribution >= 0.6 is 11.3 Å². The summed E-state index contributed by atoms with van der Waals surface area (Å²) in [5, 5.41) is 17.5. The van der Waals surface area contributed by atoms with Crippen molar-refractivity contribution in [3.05, 3.63) is 52.5 Å². The number of amides is 1. The van der Waals surface area contributed by atoms with Crippen molar-refractivity contribution in [2.75, 3.05) is 6.54 Å². The Morgan fingerprint density at radius 2 is 2.19 bits per heavy atom. The fourth-order valence-electron chi connectivity index (χ4n) is 1.93. The highest BCUT2D eigenvalue weighted by molar-refractivity contribution is 7.09. The lowest BCUT2D eigenvalue weighted by atomic mass is 9.97. The molecule has 0 spiro atoms. The van der Waals surface area contributed by atoms with Crippen LogP contribution in [-0.4, -0.2) is 28.5 Å². The first-order valence-corrected chi connectivity index (χ1v) is 7.28. The Bertz CT molecular complexity index is 599. The molecule has 2 aromatic rings. The van der Waals surface area contributed by atoms with Gasteiger partial charge in [-0.25, -0.2) is 4.98 Å². The predicted octanol–water partition coefficient (Wildman–Crippen LogP) is 1.33. The van der Waals surface area contributed by atoms with Crippen LogP contribution < -0.4 is 11.1 Å². The van der Waals surface area contributed by atoms with Crippen LogP contribution in [0.25, 0.3) is 0 Å². The van der Waals surface area contributed by atoms with Crippen molar-refractivity contribution in [1.82, 2.24) is 10.3 Å². The Morgan fingerprint density at radius 3 is 2.81 bits per heavy atom. The highest BCUT2D eigenvalue weighted by Gasteiger charge is 2.24. The Hall–Kier alpha value is -2.41. The molecule has 1 atom stereocenters. The second-order valence-corrected chi connectivity index (χ2v) is 5.31. The first kappa shape index (κ1) is 15.0. The SMILES string of the molecule is NC(=NO)C(C(=O)NCCc1nccs1)c1ccccc1. The van der Waals surface area contributed by atoms with E-state index in [1.54, 1.807) is 30.5 Å². The van der Waals surface area contributed by atoms with Gasteiger partial charge in [0.15, 0.2) is 5.84 Å². The van der Waals surface area contributed by atoms with E-state index in [9.17, 15) is 4.79 Å². The highest BCUT2D eigenvalue weighted by Crippen LogP contribution is 2.16. The Labute approximate surface area is 126 Å². The maximum atomic E-state index is 12.3. The van der Waals surface area contributed by atoms with Gasteiger partial charge in [0.25, 0.3) is 0 Å². The highest BCUT2D eigenvalue weighted by atomic mass is 32.1. The number of benzene rings is 1. The summed E-state index contributed by atoms with van der Waals surface area (Å²) < 4.78 is 0. The number of nitrogens with two attached hydrogens (primary N) is 1. The number of rotatable bonds is 6. The van der Waals surface area contributed by atoms with Gasteiger partial charge in [-0.2, -0.15) is 0 Å². The van der Waals surface area contributed by atoms with Crippen molar-refractivity contribution < 1.29 is 10.0 Å². The van der Waals surface area contributed by atoms with Crippen molar-refractivity contribution in [1.29, 1.82) is 0 Å². The number of carbonyl (C=O) groups excluding carboxylic acids is 1. The third-order valence-corrected chi connectivity index (χ3v) is 3.77. The number of nitrogens with one attached hydrogen (secondary N) is 1. The third kappa shape index (κ3) is 4.03. The summed E-state index contributed by atoms with van der Waals surface area (Å²) in [5.41, 5.74) is 6.33. The van der Waals surface area contributed by atoms with Crippen molar-refractivity contribution in [3.8, 4) is 0 Å². The van der Waals surface area contributed by atoms with Crippen molar-refractivity contribution in [3.63, 3.8) is 0 Å². The van der Waals surface area contributed by atoms with Gasteiger partial charge in [0.05, 0.1) is 5.01 Å². The van der Waals surface area contributed by atoms with E-state index in [1.807, 2.05) is 11.4 Å². The van der Waals surface area contributed by atoms with Gasteiger partial charge in [0.2, 0.25) is 5.91 Å². The molecule has 6 nitrogen and oxygen atoms in total. The molecule has 1 aromatic carbocycles. The quantitative estimate of drug-likeness (QED) is 0.324. The maximum Gasteiger partial charge on any atom is 0.235 e. The van der Waals surface area contributed by atoms with Crippen LogP contribution in [0.3, 0.4) is 0 Å². The summed E-state index contributed by atoms with van der Waals surface area (Å²) in [4.78, 5) is 16.4. The maximum absolute atomic E-state index is 12.3. The van der Waals surface area contributed by atoms with E-state index in [2.05, 4.69) is 15.5 Å². The molecule has 0 radical (unpaired) electrons. The molecule has 21 heavy (non-hydrogen) atoms. The lowest BCUT2D eigenvalue weighted by molar-refractivity contribution is -0.121. The molecule has 110 valence electrons. The first-order valence-electron chi connectivity index (χ1n) is 6.41. The van der Waals surface area contributed by atoms with E-state index in [4.69, 9.17) is 10.9 Å². The fraction of sp³-hybridized carbons (Fsp3) is 0.214. The van der Waals surface area contributed by atoms with E-state index in [1.165, 1.54) is 11.3 Å². The Morgan fingerprint density at radius 1 is 1.43 bits per heavy atom. The second-order valence-electron chi connectivity index (χ2n) is 4.34. The topological polar surface area (TPSA) is 101 Å². The molecular formula is C14H16N4O2S. The molecule has 0 aliphatic heterocycles. The molecule has 7 heteroatoms. The molecule has 0 bridgehead atoms. The molecule has 1 unspecified atom stereocenters. The van der Waals surface area contributed by atoms with Crippen LogP contribution in [0.15, 0.2) is 47.1 Å². The number of amidine groups is 1. The van der Waals surface area contributed by atoms with Crippen molar-refractivity contribution >= 4 is 23.1 Å². The molecule has 1 heterocycles. The predicted molar refractivity (Wildman–Crippen MR) is 81.4 cm³/mol. The molecule has 0 fully saturated rings. The average Bonchev–Trinajstić information content (AvgIpc) is 3.01. The molecule has 2 rings (SSSR count). The summed E-state index contributed by atoms with van der Waals surface area (Å²) in [6, 6.07) is 8.98. The monoisotopic (exact) mass is 304 g/mol. The summed E-state index contributed by atoms with van der Waals surface area (Å²) in [7, 11) is 0. The van der Waals surface area contributed by atoms with Gasteiger partial charge in [-0.1, -0.05) is 35.5 Å². The fourth-order valence-corrected chi connectivity index (χ4v) is 2.55. The van der Waals surface area contributed by atoms with Crippen LogP contribution in [0, 0.1) is 0 Å². The first-order chi connectivity index (χ1) is 10.2. The number of thiazole rings is 1. The molecule has 1 aromatic heterocycles. The number of carbonyl (C=O) groups is 1. The van der Waals surface area contributed by atoms with Crippen LogP contribution in [0.4, 0.5) is 0 Å². The Kier molecular flexibility index (Phi) is 5.28. The van der Waals surface area contributed by atoms with Gasteiger partial charge in [-0.3, -0.25) is 4.79 Å². The summed E-state index contributed by atoms with van der Waals surface area (Å²) in [6.45, 7) is 0.453. The third-order valence-electron chi connectivity index (χ3n) is 2.93. The van der Waals surface area contributed by atoms with Crippen molar-refractivity contribution in [2.45, 2.75) is 12.3 Å². The summed E-state index contributed by atoms with van der Waals surface area (Å²) in [5.74, 6) is -1.23. The van der Waals surface area contributed by atoms with Crippen LogP contribution in [0.5, 0.6) is 0 Å². The normalized spacial score (nSPS) is 12.9. The minimum Gasteiger partial charge on any atom is -0.409 e. The van der Waals surface area contributed by atoms with E-state index in [0.717, 1.165) is 5.01 Å². The van der Waals surface area contributed by atoms with Gasteiger partial charge in [-0.05, 0) is 5.56 Å². The zero-order valence-corrected chi connectivity index (χ0v) is 12.1. The van der Waals surface area contributed by atoms with E-state index in [0.29, 0.717) is 18.5 Å². The van der Waals surface area contributed by atoms with Crippen LogP contribution in [-0.2, 0) is 11.2 Å². The van der Waals surface area contributed by atoms with Crippen LogP contribution in [0.1, 0.15) is 16.5 Å². The van der Waals surface area contributed by atoms with Crippen LogP contribution in [0.2, 0.25) is 0 Å². The minimum atomic E-state index is -0.799. The van der Waals surface area contributed by atoms with Crippen molar-refractivity contribution in [2.24, 2.45) is 10.9 Å². The second kappa shape index (κ2) is 7.39. The summed E-state index contributed by atoms with van der Waals surface area (Å²) >= 11 is 1.54. The van der Waals surface area contributed by atoms with Gasteiger partial charge in [-0.15, -0.1) is 11.3 Å². The number of hydrogen-bond acceptors (Lipinski definition) is 5. The van der Waals surface area contributed by atoms with E-state index >= 15 is 0 Å². The van der Waals surface area contributed by atoms with Gasteiger partial charge in [0, 0.05) is 24.5 Å². The van der Waals surface area contributed by atoms with Gasteiger partial charge < -0.3 is 16.3 Å². The smallest absolute Gasteiger partial charge is 0.235 e. The molecule has 0 saturated heterocycles. The lowest BCUT2D eigenvalue weighted by Crippen LogP contribution is -2.38. The van der Waals surface area contributed by atoms with Gasteiger partial charge in [0.1, 0.15) is 5.92 Å². The number of aromatic nitrogens is 1. The standard InChI is InChI=1S/C14H16N4O2S/c15-13(18-20)12(10-4-2-1-3-5-10)14(19)17-7-6-11-16-8-9-21-11/h1-5,8-9,12,20H,6-7H2,(H2,15,18)(H,17,19). The molecule has 4 N–H and O–H groups in total. The number of oxime groups is 1. The lowest BCUT2D eigenvalue weighted by Gasteiger charge is -2.15.